The van der Waals surface area contributed by atoms with Crippen LogP contribution < -0.4 is 10.6 Å². The number of hydrogen-bond acceptors (Lipinski definition) is 4. The van der Waals surface area contributed by atoms with Crippen LogP contribution in [0.1, 0.15) is 29.0 Å². The predicted molar refractivity (Wildman–Crippen MR) is 95.7 cm³/mol. The number of nitrogens with zero attached hydrogens (tertiary/aromatic N) is 2. The van der Waals surface area contributed by atoms with Gasteiger partial charge in [-0.1, -0.05) is 18.2 Å². The van der Waals surface area contributed by atoms with E-state index in [0.717, 1.165) is 11.3 Å². The van der Waals surface area contributed by atoms with Gasteiger partial charge in [0.1, 0.15) is 0 Å². The summed E-state index contributed by atoms with van der Waals surface area (Å²) in [4.78, 5) is 23.6. The number of carbonyl (C=O) groups is 2. The Kier molecular flexibility index (Phi) is 5.82. The molecule has 2 aromatic heterocycles. The highest BCUT2D eigenvalue weighted by atomic mass is 16.3. The Hall–Kier alpha value is -3.35. The van der Waals surface area contributed by atoms with Crippen LogP contribution in [0, 0.1) is 0 Å². The molecule has 0 unspecified atom stereocenters. The summed E-state index contributed by atoms with van der Waals surface area (Å²) in [6, 6.07) is 13.0. The van der Waals surface area contributed by atoms with Crippen LogP contribution in [0.25, 0.3) is 5.69 Å². The van der Waals surface area contributed by atoms with Crippen LogP contribution in [-0.2, 0) is 11.3 Å². The van der Waals surface area contributed by atoms with E-state index in [2.05, 4.69) is 15.7 Å². The van der Waals surface area contributed by atoms with Crippen LogP contribution >= 0.6 is 0 Å². The van der Waals surface area contributed by atoms with Crippen molar-refractivity contribution in [1.82, 2.24) is 20.4 Å². The molecule has 0 aliphatic carbocycles. The number of para-hydroxylation sites is 1. The number of aromatic nitrogens is 2. The van der Waals surface area contributed by atoms with E-state index in [-0.39, 0.29) is 17.6 Å². The third-order valence-electron chi connectivity index (χ3n) is 3.76. The quantitative estimate of drug-likeness (QED) is 0.609. The molecule has 7 heteroatoms. The van der Waals surface area contributed by atoms with Crippen LogP contribution in [0.15, 0.2) is 65.5 Å². The van der Waals surface area contributed by atoms with Crippen molar-refractivity contribution in [2.75, 3.05) is 6.54 Å². The van der Waals surface area contributed by atoms with E-state index in [0.29, 0.717) is 25.9 Å². The Labute approximate surface area is 151 Å². The molecule has 7 nitrogen and oxygen atoms in total. The van der Waals surface area contributed by atoms with E-state index in [9.17, 15) is 9.59 Å². The fraction of sp³-hybridized carbons (Fsp3) is 0.211. The normalized spacial score (nSPS) is 10.5. The average Bonchev–Trinajstić information content (AvgIpc) is 3.36. The number of furan rings is 1. The first kappa shape index (κ1) is 17.5. The average molecular weight is 352 g/mol. The first-order chi connectivity index (χ1) is 12.7. The lowest BCUT2D eigenvalue weighted by molar-refractivity contribution is -0.121. The Bertz CT molecular complexity index is 841. The Morgan fingerprint density at radius 2 is 1.92 bits per heavy atom. The maximum atomic E-state index is 11.9. The van der Waals surface area contributed by atoms with Gasteiger partial charge in [0.15, 0.2) is 5.76 Å². The van der Waals surface area contributed by atoms with Gasteiger partial charge in [0.05, 0.1) is 18.1 Å². The van der Waals surface area contributed by atoms with Crippen molar-refractivity contribution in [1.29, 1.82) is 0 Å². The van der Waals surface area contributed by atoms with Gasteiger partial charge in [-0.2, -0.15) is 5.10 Å². The summed E-state index contributed by atoms with van der Waals surface area (Å²) >= 11 is 0. The molecule has 3 aromatic rings. The Balaban J connectivity index is 1.35. The van der Waals surface area contributed by atoms with Crippen LogP contribution in [0.4, 0.5) is 0 Å². The van der Waals surface area contributed by atoms with E-state index in [4.69, 9.17) is 4.42 Å². The van der Waals surface area contributed by atoms with Gasteiger partial charge in [0.2, 0.25) is 5.91 Å². The number of hydrogen-bond donors (Lipinski definition) is 2. The van der Waals surface area contributed by atoms with E-state index in [1.54, 1.807) is 23.0 Å². The molecule has 3 rings (SSSR count). The summed E-state index contributed by atoms with van der Waals surface area (Å²) in [5.41, 5.74) is 1.89. The zero-order valence-corrected chi connectivity index (χ0v) is 14.2. The van der Waals surface area contributed by atoms with Crippen molar-refractivity contribution >= 4 is 11.8 Å². The highest BCUT2D eigenvalue weighted by Gasteiger charge is 2.08. The molecule has 0 aliphatic heterocycles. The molecule has 0 bridgehead atoms. The van der Waals surface area contributed by atoms with Crippen LogP contribution in [0.5, 0.6) is 0 Å². The first-order valence-corrected chi connectivity index (χ1v) is 8.40. The minimum absolute atomic E-state index is 0.0651. The van der Waals surface area contributed by atoms with Crippen molar-refractivity contribution in [3.05, 3.63) is 72.4 Å². The summed E-state index contributed by atoms with van der Waals surface area (Å²) in [5, 5.41) is 9.86. The van der Waals surface area contributed by atoms with Gasteiger partial charge in [-0.15, -0.1) is 0 Å². The standard InChI is InChI=1S/C19H20N4O3/c24-18(9-4-10-20-19(25)17-8-5-11-26-17)21-12-15-13-22-23(14-15)16-6-2-1-3-7-16/h1-3,5-8,11,13-14H,4,9-10,12H2,(H,20,25)(H,21,24). The number of carbonyl (C=O) groups excluding carboxylic acids is 2. The fourth-order valence-electron chi connectivity index (χ4n) is 2.41. The molecule has 134 valence electrons. The topological polar surface area (TPSA) is 89.2 Å². The van der Waals surface area contributed by atoms with Gasteiger partial charge in [-0.3, -0.25) is 9.59 Å². The lowest BCUT2D eigenvalue weighted by Gasteiger charge is -2.05. The van der Waals surface area contributed by atoms with Gasteiger partial charge < -0.3 is 15.1 Å². The SMILES string of the molecule is O=C(CCCNC(=O)c1ccco1)NCc1cnn(-c2ccccc2)c1. The van der Waals surface area contributed by atoms with Crippen molar-refractivity contribution in [2.45, 2.75) is 19.4 Å². The van der Waals surface area contributed by atoms with Gasteiger partial charge in [0.25, 0.3) is 5.91 Å². The largest absolute Gasteiger partial charge is 0.459 e. The lowest BCUT2D eigenvalue weighted by atomic mass is 10.2. The van der Waals surface area contributed by atoms with Crippen LogP contribution in [0.2, 0.25) is 0 Å². The van der Waals surface area contributed by atoms with E-state index >= 15 is 0 Å². The minimum atomic E-state index is -0.274. The molecule has 26 heavy (non-hydrogen) atoms. The summed E-state index contributed by atoms with van der Waals surface area (Å²) in [5.74, 6) is -0.0710. The molecule has 0 saturated carbocycles. The third kappa shape index (κ3) is 4.83. The molecule has 2 heterocycles. The number of benzene rings is 1. The number of nitrogens with one attached hydrogen (secondary N) is 2. The summed E-state index contributed by atoms with van der Waals surface area (Å²) in [7, 11) is 0. The molecule has 0 radical (unpaired) electrons. The zero-order valence-electron chi connectivity index (χ0n) is 14.2. The zero-order chi connectivity index (χ0) is 18.2. The molecule has 0 aliphatic rings. The summed E-state index contributed by atoms with van der Waals surface area (Å²) in [6.45, 7) is 0.837. The van der Waals surface area contributed by atoms with Crippen LogP contribution in [-0.4, -0.2) is 28.1 Å². The molecule has 0 saturated heterocycles. The van der Waals surface area contributed by atoms with Crippen molar-refractivity contribution < 1.29 is 14.0 Å². The molecule has 2 amide bonds. The van der Waals surface area contributed by atoms with E-state index < -0.39 is 0 Å². The highest BCUT2D eigenvalue weighted by Crippen LogP contribution is 2.07. The lowest BCUT2D eigenvalue weighted by Crippen LogP contribution is -2.27. The number of amides is 2. The molecule has 0 spiro atoms. The van der Waals surface area contributed by atoms with Gasteiger partial charge in [-0.25, -0.2) is 4.68 Å². The molecular weight excluding hydrogens is 332 g/mol. The molecule has 0 fully saturated rings. The molecular formula is C19H20N4O3. The van der Waals surface area contributed by atoms with Gasteiger partial charge >= 0.3 is 0 Å². The summed E-state index contributed by atoms with van der Waals surface area (Å²) < 4.78 is 6.77. The maximum Gasteiger partial charge on any atom is 0.286 e. The van der Waals surface area contributed by atoms with Crippen molar-refractivity contribution in [3.63, 3.8) is 0 Å². The maximum absolute atomic E-state index is 11.9. The van der Waals surface area contributed by atoms with E-state index in [1.165, 1.54) is 6.26 Å². The summed E-state index contributed by atoms with van der Waals surface area (Å²) in [6.07, 6.45) is 5.96. The van der Waals surface area contributed by atoms with Crippen molar-refractivity contribution in [3.8, 4) is 5.69 Å². The smallest absolute Gasteiger partial charge is 0.286 e. The second-order valence-electron chi connectivity index (χ2n) is 5.74. The van der Waals surface area contributed by atoms with Crippen molar-refractivity contribution in [2.24, 2.45) is 0 Å². The van der Waals surface area contributed by atoms with E-state index in [1.807, 2.05) is 36.5 Å². The minimum Gasteiger partial charge on any atom is -0.459 e. The van der Waals surface area contributed by atoms with Gasteiger partial charge in [-0.05, 0) is 30.7 Å². The second-order valence-corrected chi connectivity index (χ2v) is 5.74. The number of rotatable bonds is 8. The monoisotopic (exact) mass is 352 g/mol. The molecule has 1 aromatic carbocycles. The third-order valence-corrected chi connectivity index (χ3v) is 3.76. The first-order valence-electron chi connectivity index (χ1n) is 8.40. The Morgan fingerprint density at radius 3 is 2.69 bits per heavy atom. The Morgan fingerprint density at radius 1 is 1.08 bits per heavy atom. The predicted octanol–water partition coefficient (Wildman–Crippen LogP) is 2.29. The second kappa shape index (κ2) is 8.66. The molecule has 0 atom stereocenters. The fourth-order valence-corrected chi connectivity index (χ4v) is 2.41. The van der Waals surface area contributed by atoms with Crippen LogP contribution in [0.3, 0.4) is 0 Å². The molecule has 2 N–H and O–H groups in total. The highest BCUT2D eigenvalue weighted by molar-refractivity contribution is 5.91. The van der Waals surface area contributed by atoms with Gasteiger partial charge in [0, 0.05) is 31.3 Å².